The van der Waals surface area contributed by atoms with Gasteiger partial charge in [-0.3, -0.25) is 9.59 Å². The van der Waals surface area contributed by atoms with Crippen molar-refractivity contribution in [2.45, 2.75) is 58.8 Å². The lowest BCUT2D eigenvalue weighted by Gasteiger charge is -2.30. The number of nitrogens with zero attached hydrogens (tertiary/aromatic N) is 1. The number of aliphatic carboxylic acids is 1. The zero-order valence-corrected chi connectivity index (χ0v) is 16.6. The fourth-order valence-electron chi connectivity index (χ4n) is 3.19. The van der Waals surface area contributed by atoms with Gasteiger partial charge in [-0.1, -0.05) is 19.1 Å². The summed E-state index contributed by atoms with van der Waals surface area (Å²) in [6, 6.07) is 7.76. The maximum absolute atomic E-state index is 12.3. The first-order valence-corrected chi connectivity index (χ1v) is 9.37. The summed E-state index contributed by atoms with van der Waals surface area (Å²) >= 11 is 0. The van der Waals surface area contributed by atoms with E-state index in [4.69, 9.17) is 14.6 Å². The van der Waals surface area contributed by atoms with Crippen molar-refractivity contribution in [3.8, 4) is 11.8 Å². The van der Waals surface area contributed by atoms with E-state index >= 15 is 0 Å². The predicted molar refractivity (Wildman–Crippen MR) is 102 cm³/mol. The number of esters is 1. The SMILES string of the molecule is CCOC(=O)C(CC)CC(C#N)(CCC(=O)O)c1ccc(OCC)c(C)c1. The second kappa shape index (κ2) is 10.6. The summed E-state index contributed by atoms with van der Waals surface area (Å²) in [5.74, 6) is -1.06. The topological polar surface area (TPSA) is 96.6 Å². The smallest absolute Gasteiger partial charge is 0.308 e. The Kier molecular flexibility index (Phi) is 8.80. The third-order valence-corrected chi connectivity index (χ3v) is 4.71. The number of ether oxygens (including phenoxy) is 2. The molecule has 2 atom stereocenters. The van der Waals surface area contributed by atoms with Gasteiger partial charge >= 0.3 is 11.9 Å². The number of aryl methyl sites for hydroxylation is 1. The van der Waals surface area contributed by atoms with Crippen molar-refractivity contribution in [2.75, 3.05) is 13.2 Å². The second-order valence-electron chi connectivity index (χ2n) is 6.56. The summed E-state index contributed by atoms with van der Waals surface area (Å²) in [4.78, 5) is 23.4. The number of hydrogen-bond donors (Lipinski definition) is 1. The Balaban J connectivity index is 3.32. The molecule has 0 saturated heterocycles. The van der Waals surface area contributed by atoms with E-state index in [1.807, 2.05) is 26.8 Å². The molecule has 1 rings (SSSR count). The molecule has 27 heavy (non-hydrogen) atoms. The van der Waals surface area contributed by atoms with E-state index in [1.165, 1.54) is 0 Å². The van der Waals surface area contributed by atoms with Gasteiger partial charge in [-0.05, 0) is 57.2 Å². The largest absolute Gasteiger partial charge is 0.494 e. The van der Waals surface area contributed by atoms with E-state index in [9.17, 15) is 14.9 Å². The minimum absolute atomic E-state index is 0.127. The number of carboxylic acids is 1. The van der Waals surface area contributed by atoms with Crippen LogP contribution in [-0.2, 0) is 19.7 Å². The molecule has 0 aliphatic carbocycles. The van der Waals surface area contributed by atoms with Gasteiger partial charge in [0.25, 0.3) is 0 Å². The lowest BCUT2D eigenvalue weighted by Crippen LogP contribution is -2.32. The highest BCUT2D eigenvalue weighted by Gasteiger charge is 2.38. The number of hydrogen-bond acceptors (Lipinski definition) is 5. The fraction of sp³-hybridized carbons (Fsp3) is 0.571. The standard InChI is InChI=1S/C21H29NO5/c1-5-16(20(25)27-7-3)13-21(14-22,11-10-19(23)24)17-8-9-18(26-6-2)15(4)12-17/h8-9,12,16H,5-7,10-11,13H2,1-4H3,(H,23,24). The molecule has 1 aromatic carbocycles. The molecule has 0 aliphatic rings. The highest BCUT2D eigenvalue weighted by atomic mass is 16.5. The average Bonchev–Trinajstić information content (AvgIpc) is 2.64. The van der Waals surface area contributed by atoms with E-state index in [2.05, 4.69) is 6.07 Å². The summed E-state index contributed by atoms with van der Waals surface area (Å²) in [7, 11) is 0. The summed E-state index contributed by atoms with van der Waals surface area (Å²) < 4.78 is 10.7. The summed E-state index contributed by atoms with van der Waals surface area (Å²) in [5, 5.41) is 19.2. The van der Waals surface area contributed by atoms with Crippen molar-refractivity contribution in [3.05, 3.63) is 29.3 Å². The molecule has 0 spiro atoms. The number of rotatable bonds is 11. The molecule has 0 aromatic heterocycles. The van der Waals surface area contributed by atoms with Crippen LogP contribution in [0.2, 0.25) is 0 Å². The molecule has 0 amide bonds. The van der Waals surface area contributed by atoms with E-state index < -0.39 is 17.3 Å². The zero-order chi connectivity index (χ0) is 20.4. The van der Waals surface area contributed by atoms with Gasteiger partial charge in [0.05, 0.1) is 30.6 Å². The number of carbonyl (C=O) groups excluding carboxylic acids is 1. The molecular weight excluding hydrogens is 346 g/mol. The Labute approximate surface area is 161 Å². The van der Waals surface area contributed by atoms with Crippen molar-refractivity contribution in [2.24, 2.45) is 5.92 Å². The first-order valence-electron chi connectivity index (χ1n) is 9.37. The Hall–Kier alpha value is -2.55. The van der Waals surface area contributed by atoms with Gasteiger partial charge in [0.15, 0.2) is 0 Å². The fourth-order valence-corrected chi connectivity index (χ4v) is 3.19. The van der Waals surface area contributed by atoms with Gasteiger partial charge in [0, 0.05) is 6.42 Å². The normalized spacial score (nSPS) is 13.9. The van der Waals surface area contributed by atoms with Crippen molar-refractivity contribution < 1.29 is 24.2 Å². The summed E-state index contributed by atoms with van der Waals surface area (Å²) in [6.07, 6.45) is 0.714. The van der Waals surface area contributed by atoms with Crippen LogP contribution in [0.5, 0.6) is 5.75 Å². The van der Waals surface area contributed by atoms with Crippen molar-refractivity contribution in [3.63, 3.8) is 0 Å². The van der Waals surface area contributed by atoms with Crippen LogP contribution in [-0.4, -0.2) is 30.3 Å². The van der Waals surface area contributed by atoms with Gasteiger partial charge in [0.2, 0.25) is 0 Å². The Bertz CT molecular complexity index is 694. The highest BCUT2D eigenvalue weighted by Crippen LogP contribution is 2.38. The molecular formula is C21H29NO5. The van der Waals surface area contributed by atoms with Crippen LogP contribution in [0.25, 0.3) is 0 Å². The quantitative estimate of drug-likeness (QED) is 0.587. The van der Waals surface area contributed by atoms with E-state index in [-0.39, 0.29) is 31.8 Å². The molecule has 0 aliphatic heterocycles. The Morgan fingerprint density at radius 1 is 1.26 bits per heavy atom. The van der Waals surface area contributed by atoms with Crippen LogP contribution in [0.15, 0.2) is 18.2 Å². The third-order valence-electron chi connectivity index (χ3n) is 4.71. The van der Waals surface area contributed by atoms with Crippen LogP contribution >= 0.6 is 0 Å². The third kappa shape index (κ3) is 5.99. The van der Waals surface area contributed by atoms with Crippen LogP contribution in [0.4, 0.5) is 0 Å². The molecule has 1 N–H and O–H groups in total. The molecule has 6 nitrogen and oxygen atoms in total. The Morgan fingerprint density at radius 3 is 2.44 bits per heavy atom. The van der Waals surface area contributed by atoms with Crippen LogP contribution in [0.1, 0.15) is 57.6 Å². The van der Waals surface area contributed by atoms with Crippen molar-refractivity contribution in [1.82, 2.24) is 0 Å². The zero-order valence-electron chi connectivity index (χ0n) is 16.6. The Morgan fingerprint density at radius 2 is 1.96 bits per heavy atom. The maximum Gasteiger partial charge on any atom is 0.308 e. The average molecular weight is 375 g/mol. The van der Waals surface area contributed by atoms with E-state index in [0.29, 0.717) is 18.6 Å². The first-order chi connectivity index (χ1) is 12.8. The van der Waals surface area contributed by atoms with Gasteiger partial charge in [-0.15, -0.1) is 0 Å². The maximum atomic E-state index is 12.3. The molecule has 2 unspecified atom stereocenters. The van der Waals surface area contributed by atoms with Gasteiger partial charge < -0.3 is 14.6 Å². The predicted octanol–water partition coefficient (Wildman–Crippen LogP) is 4.00. The number of carboxylic acid groups (broad SMARTS) is 1. The monoisotopic (exact) mass is 375 g/mol. The molecule has 148 valence electrons. The lowest BCUT2D eigenvalue weighted by molar-refractivity contribution is -0.148. The molecule has 0 saturated carbocycles. The lowest BCUT2D eigenvalue weighted by atomic mass is 9.71. The molecule has 0 fully saturated rings. The van der Waals surface area contributed by atoms with E-state index in [1.54, 1.807) is 19.1 Å². The van der Waals surface area contributed by atoms with Gasteiger partial charge in [0.1, 0.15) is 5.75 Å². The summed E-state index contributed by atoms with van der Waals surface area (Å²) in [6.45, 7) is 8.18. The second-order valence-corrected chi connectivity index (χ2v) is 6.56. The van der Waals surface area contributed by atoms with Crippen LogP contribution < -0.4 is 4.74 Å². The molecule has 1 aromatic rings. The van der Waals surface area contributed by atoms with Crippen molar-refractivity contribution in [1.29, 1.82) is 5.26 Å². The van der Waals surface area contributed by atoms with Gasteiger partial charge in [-0.25, -0.2) is 0 Å². The van der Waals surface area contributed by atoms with Crippen molar-refractivity contribution >= 4 is 11.9 Å². The molecule has 0 radical (unpaired) electrons. The van der Waals surface area contributed by atoms with Crippen LogP contribution in [0.3, 0.4) is 0 Å². The minimum atomic E-state index is -1.08. The number of nitriles is 1. The molecule has 0 bridgehead atoms. The highest BCUT2D eigenvalue weighted by molar-refractivity contribution is 5.73. The van der Waals surface area contributed by atoms with Crippen LogP contribution in [0, 0.1) is 24.2 Å². The minimum Gasteiger partial charge on any atom is -0.494 e. The molecule has 0 heterocycles. The van der Waals surface area contributed by atoms with Gasteiger partial charge in [-0.2, -0.15) is 5.26 Å². The number of carbonyl (C=O) groups is 2. The first kappa shape index (κ1) is 22.5. The molecule has 6 heteroatoms. The van der Waals surface area contributed by atoms with E-state index in [0.717, 1.165) is 11.3 Å². The summed E-state index contributed by atoms with van der Waals surface area (Å²) in [5.41, 5.74) is 0.491. The number of benzene rings is 1.